The molecule has 0 spiro atoms. The Hall–Kier alpha value is -3.36. The van der Waals surface area contributed by atoms with E-state index in [9.17, 15) is 8.78 Å². The van der Waals surface area contributed by atoms with Crippen molar-refractivity contribution < 1.29 is 13.5 Å². The molecule has 2 aromatic carbocycles. The topological polar surface area (TPSA) is 66.1 Å². The van der Waals surface area contributed by atoms with Crippen LogP contribution in [0.1, 0.15) is 18.4 Å². The predicted molar refractivity (Wildman–Crippen MR) is 132 cm³/mol. The fourth-order valence-corrected chi connectivity index (χ4v) is 5.11. The van der Waals surface area contributed by atoms with Gasteiger partial charge in [-0.25, -0.2) is 13.8 Å². The number of aromatic amines is 1. The van der Waals surface area contributed by atoms with Crippen molar-refractivity contribution in [1.82, 2.24) is 20.3 Å². The highest BCUT2D eigenvalue weighted by Gasteiger charge is 2.28. The summed E-state index contributed by atoms with van der Waals surface area (Å²) in [5, 5.41) is 3.69. The van der Waals surface area contributed by atoms with Crippen LogP contribution in [0, 0.1) is 18.6 Å². The molecule has 0 amide bonds. The van der Waals surface area contributed by atoms with Gasteiger partial charge in [-0.15, -0.1) is 0 Å². The first-order valence-corrected chi connectivity index (χ1v) is 12.0. The van der Waals surface area contributed by atoms with E-state index in [-0.39, 0.29) is 11.6 Å². The molecule has 8 heteroatoms. The summed E-state index contributed by atoms with van der Waals surface area (Å²) in [6, 6.07) is 10.5. The molecule has 180 valence electrons. The Balaban J connectivity index is 1.42. The Morgan fingerprint density at radius 1 is 0.971 bits per heavy atom. The molecule has 2 saturated heterocycles. The highest BCUT2D eigenvalue weighted by Crippen LogP contribution is 2.40. The second kappa shape index (κ2) is 9.02. The predicted octanol–water partition coefficient (Wildman–Crippen LogP) is 4.84. The van der Waals surface area contributed by atoms with Gasteiger partial charge < -0.3 is 19.9 Å². The van der Waals surface area contributed by atoms with Crippen molar-refractivity contribution in [3.63, 3.8) is 0 Å². The summed E-state index contributed by atoms with van der Waals surface area (Å²) in [6.45, 7) is 5.14. The molecule has 4 aromatic rings. The largest absolute Gasteiger partial charge is 0.378 e. The lowest BCUT2D eigenvalue weighted by molar-refractivity contribution is -0.0111. The number of aryl methyl sites for hydroxylation is 1. The average Bonchev–Trinajstić information content (AvgIpc) is 3.24. The maximum atomic E-state index is 14.4. The summed E-state index contributed by atoms with van der Waals surface area (Å²) in [6.07, 6.45) is 5.57. The molecule has 35 heavy (non-hydrogen) atoms. The number of hydrogen-bond donors (Lipinski definition) is 2. The number of ether oxygens (including phenoxy) is 1. The molecule has 0 unspecified atom stereocenters. The third-order valence-corrected chi connectivity index (χ3v) is 6.89. The zero-order valence-corrected chi connectivity index (χ0v) is 19.5. The number of nitrogens with one attached hydrogen (secondary N) is 2. The van der Waals surface area contributed by atoms with Crippen LogP contribution in [0.2, 0.25) is 0 Å². The molecule has 6 rings (SSSR count). The van der Waals surface area contributed by atoms with Crippen LogP contribution >= 0.6 is 0 Å². The van der Waals surface area contributed by atoms with Gasteiger partial charge in [0.15, 0.2) is 0 Å². The third-order valence-electron chi connectivity index (χ3n) is 6.89. The number of anilines is 1. The molecule has 0 atom stereocenters. The van der Waals surface area contributed by atoms with E-state index in [0.717, 1.165) is 72.6 Å². The Morgan fingerprint density at radius 2 is 1.77 bits per heavy atom. The van der Waals surface area contributed by atoms with Gasteiger partial charge in [0.05, 0.1) is 41.5 Å². The molecule has 6 nitrogen and oxygen atoms in total. The van der Waals surface area contributed by atoms with E-state index in [1.54, 1.807) is 24.5 Å². The van der Waals surface area contributed by atoms with Gasteiger partial charge in [0.25, 0.3) is 0 Å². The van der Waals surface area contributed by atoms with Crippen molar-refractivity contribution in [3.05, 3.63) is 66.0 Å². The van der Waals surface area contributed by atoms with E-state index >= 15 is 0 Å². The van der Waals surface area contributed by atoms with E-state index in [2.05, 4.69) is 25.2 Å². The molecule has 0 aliphatic carbocycles. The van der Waals surface area contributed by atoms with Gasteiger partial charge in [-0.3, -0.25) is 4.98 Å². The molecule has 4 heterocycles. The molecule has 0 saturated carbocycles. The van der Waals surface area contributed by atoms with Crippen molar-refractivity contribution in [2.75, 3.05) is 31.2 Å². The molecule has 2 aliphatic heterocycles. The number of H-pyrrole nitrogens is 1. The van der Waals surface area contributed by atoms with E-state index in [0.29, 0.717) is 23.4 Å². The highest BCUT2D eigenvalue weighted by molar-refractivity contribution is 5.91. The number of rotatable bonds is 5. The summed E-state index contributed by atoms with van der Waals surface area (Å²) in [5.41, 5.74) is 5.58. The smallest absolute Gasteiger partial charge is 0.142 e. The van der Waals surface area contributed by atoms with Crippen molar-refractivity contribution in [2.24, 2.45) is 0 Å². The Kier molecular flexibility index (Phi) is 5.70. The number of benzene rings is 2. The van der Waals surface area contributed by atoms with Gasteiger partial charge >= 0.3 is 0 Å². The number of nitrogens with zero attached hydrogens (tertiary/aromatic N) is 3. The van der Waals surface area contributed by atoms with Crippen LogP contribution in [0.25, 0.3) is 33.5 Å². The van der Waals surface area contributed by atoms with Crippen molar-refractivity contribution in [1.29, 1.82) is 0 Å². The number of pyridine rings is 1. The van der Waals surface area contributed by atoms with E-state index in [1.807, 2.05) is 13.0 Å². The highest BCUT2D eigenvalue weighted by atomic mass is 19.1. The number of fused-ring (bicyclic) bond motifs is 1. The minimum atomic E-state index is -0.329. The molecule has 0 bridgehead atoms. The maximum absolute atomic E-state index is 14.4. The normalized spacial score (nSPS) is 17.2. The van der Waals surface area contributed by atoms with E-state index < -0.39 is 0 Å². The van der Waals surface area contributed by atoms with Crippen LogP contribution < -0.4 is 10.2 Å². The standard InChI is InChI=1S/C27H27F2N5O/c1-16-8-17(10-19(29)9-16)22-12-30-13-23(27-32-24-3-2-18(28)11-25(24)33-27)26(22)34-6-4-20(5-7-34)31-21-14-35-15-21/h2-3,8-13,20-21,31H,4-7,14-15H2,1H3,(H,32,33). The number of aromatic nitrogens is 3. The molecule has 2 aromatic heterocycles. The first kappa shape index (κ1) is 22.1. The summed E-state index contributed by atoms with van der Waals surface area (Å²) >= 11 is 0. The molecule has 2 fully saturated rings. The van der Waals surface area contributed by atoms with Gasteiger partial charge in [-0.2, -0.15) is 0 Å². The first-order valence-electron chi connectivity index (χ1n) is 12.0. The van der Waals surface area contributed by atoms with Crippen LogP contribution in [-0.2, 0) is 4.74 Å². The number of piperidine rings is 1. The van der Waals surface area contributed by atoms with Gasteiger partial charge in [-0.05, 0) is 55.2 Å². The van der Waals surface area contributed by atoms with Crippen molar-refractivity contribution in [2.45, 2.75) is 31.8 Å². The maximum Gasteiger partial charge on any atom is 0.142 e. The van der Waals surface area contributed by atoms with Crippen LogP contribution in [0.3, 0.4) is 0 Å². The van der Waals surface area contributed by atoms with Crippen molar-refractivity contribution >= 4 is 16.7 Å². The number of halogens is 2. The van der Waals surface area contributed by atoms with Crippen LogP contribution in [-0.4, -0.2) is 53.3 Å². The first-order chi connectivity index (χ1) is 17.0. The second-order valence-corrected chi connectivity index (χ2v) is 9.51. The number of imidazole rings is 1. The molecule has 2 N–H and O–H groups in total. The SMILES string of the molecule is Cc1cc(F)cc(-c2cncc(-c3nc4cc(F)ccc4[nH]3)c2N2CCC(NC3COC3)CC2)c1. The molecule has 2 aliphatic rings. The zero-order chi connectivity index (χ0) is 23.9. The Bertz CT molecular complexity index is 1360. The third kappa shape index (κ3) is 4.39. The second-order valence-electron chi connectivity index (χ2n) is 9.51. The average molecular weight is 476 g/mol. The fourth-order valence-electron chi connectivity index (χ4n) is 5.11. The van der Waals surface area contributed by atoms with E-state index in [1.165, 1.54) is 18.2 Å². The summed E-state index contributed by atoms with van der Waals surface area (Å²) in [5.74, 6) is 0.0143. The van der Waals surface area contributed by atoms with Crippen LogP contribution in [0.15, 0.2) is 48.8 Å². The monoisotopic (exact) mass is 475 g/mol. The lowest BCUT2D eigenvalue weighted by atomic mass is 9.97. The molecular weight excluding hydrogens is 448 g/mol. The quantitative estimate of drug-likeness (QED) is 0.433. The lowest BCUT2D eigenvalue weighted by Gasteiger charge is -2.39. The summed E-state index contributed by atoms with van der Waals surface area (Å²) in [7, 11) is 0. The summed E-state index contributed by atoms with van der Waals surface area (Å²) < 4.78 is 33.5. The minimum absolute atomic E-state index is 0.277. The van der Waals surface area contributed by atoms with Gasteiger partial charge in [0, 0.05) is 43.2 Å². The Morgan fingerprint density at radius 3 is 2.51 bits per heavy atom. The Labute approximate surface area is 202 Å². The van der Waals surface area contributed by atoms with E-state index in [4.69, 9.17) is 4.74 Å². The summed E-state index contributed by atoms with van der Waals surface area (Å²) in [4.78, 5) is 14.9. The van der Waals surface area contributed by atoms with Gasteiger partial charge in [0.1, 0.15) is 17.5 Å². The van der Waals surface area contributed by atoms with Gasteiger partial charge in [-0.1, -0.05) is 6.07 Å². The van der Waals surface area contributed by atoms with Crippen molar-refractivity contribution in [3.8, 4) is 22.5 Å². The zero-order valence-electron chi connectivity index (χ0n) is 19.5. The molecular formula is C27H27F2N5O. The molecule has 0 radical (unpaired) electrons. The minimum Gasteiger partial charge on any atom is -0.378 e. The van der Waals surface area contributed by atoms with Crippen LogP contribution in [0.4, 0.5) is 14.5 Å². The van der Waals surface area contributed by atoms with Crippen LogP contribution in [0.5, 0.6) is 0 Å². The van der Waals surface area contributed by atoms with Gasteiger partial charge in [0.2, 0.25) is 0 Å². The fraction of sp³-hybridized carbons (Fsp3) is 0.333. The lowest BCUT2D eigenvalue weighted by Crippen LogP contribution is -2.53. The number of hydrogen-bond acceptors (Lipinski definition) is 5.